The van der Waals surface area contributed by atoms with Crippen molar-refractivity contribution < 1.29 is 19.1 Å². The molecule has 0 N–H and O–H groups in total. The summed E-state index contributed by atoms with van der Waals surface area (Å²) < 4.78 is 10.6. The van der Waals surface area contributed by atoms with Crippen molar-refractivity contribution in [2.45, 2.75) is 0 Å². The minimum Gasteiger partial charge on any atom is -0.497 e. The number of hydrogen-bond donors (Lipinski definition) is 0. The van der Waals surface area contributed by atoms with Crippen LogP contribution < -0.4 is 9.47 Å². The van der Waals surface area contributed by atoms with E-state index in [-0.39, 0.29) is 18.4 Å². The van der Waals surface area contributed by atoms with Gasteiger partial charge in [-0.05, 0) is 36.4 Å². The molecule has 0 unspecified atom stereocenters. The van der Waals surface area contributed by atoms with Gasteiger partial charge in [0, 0.05) is 38.6 Å². The van der Waals surface area contributed by atoms with Crippen LogP contribution in [0.2, 0.25) is 0 Å². The standard InChI is InChI=1S/C19H21N3O4/c1-25-16-4-6-17(7-5-16)26-14-18(23)21-9-11-22(12-10-21)19(24)15-3-2-8-20-13-15/h2-8,13H,9-12,14H2,1H3. The van der Waals surface area contributed by atoms with Crippen LogP contribution in [0, 0.1) is 0 Å². The molecule has 1 aliphatic heterocycles. The first-order chi connectivity index (χ1) is 12.7. The second-order valence-electron chi connectivity index (χ2n) is 5.88. The molecule has 1 aromatic heterocycles. The van der Waals surface area contributed by atoms with Crippen molar-refractivity contribution >= 4 is 11.8 Å². The van der Waals surface area contributed by atoms with Gasteiger partial charge in [0.05, 0.1) is 12.7 Å². The van der Waals surface area contributed by atoms with Crippen molar-refractivity contribution in [3.63, 3.8) is 0 Å². The first-order valence-electron chi connectivity index (χ1n) is 8.41. The number of pyridine rings is 1. The predicted octanol–water partition coefficient (Wildman–Crippen LogP) is 1.45. The molecule has 2 heterocycles. The smallest absolute Gasteiger partial charge is 0.260 e. The molecule has 1 aliphatic rings. The lowest BCUT2D eigenvalue weighted by molar-refractivity contribution is -0.134. The Morgan fingerprint density at radius 2 is 1.65 bits per heavy atom. The molecule has 7 nitrogen and oxygen atoms in total. The number of hydrogen-bond acceptors (Lipinski definition) is 5. The highest BCUT2D eigenvalue weighted by Crippen LogP contribution is 2.17. The van der Waals surface area contributed by atoms with Crippen molar-refractivity contribution in [2.24, 2.45) is 0 Å². The summed E-state index contributed by atoms with van der Waals surface area (Å²) in [4.78, 5) is 32.1. The lowest BCUT2D eigenvalue weighted by Gasteiger charge is -2.34. The highest BCUT2D eigenvalue weighted by atomic mass is 16.5. The minimum absolute atomic E-state index is 0.0249. The number of methoxy groups -OCH3 is 1. The summed E-state index contributed by atoms with van der Waals surface area (Å²) in [5, 5.41) is 0. The number of carbonyl (C=O) groups is 2. The van der Waals surface area contributed by atoms with Crippen molar-refractivity contribution in [1.29, 1.82) is 0 Å². The molecule has 0 spiro atoms. The first kappa shape index (κ1) is 17.7. The Hall–Kier alpha value is -3.09. The highest BCUT2D eigenvalue weighted by Gasteiger charge is 2.25. The third-order valence-corrected chi connectivity index (χ3v) is 4.25. The lowest BCUT2D eigenvalue weighted by Crippen LogP contribution is -2.51. The molecule has 0 aliphatic carbocycles. The van der Waals surface area contributed by atoms with Gasteiger partial charge in [0.25, 0.3) is 11.8 Å². The van der Waals surface area contributed by atoms with Crippen LogP contribution in [-0.2, 0) is 4.79 Å². The fraction of sp³-hybridized carbons (Fsp3) is 0.316. The van der Waals surface area contributed by atoms with E-state index in [9.17, 15) is 9.59 Å². The molecule has 7 heteroatoms. The van der Waals surface area contributed by atoms with Crippen LogP contribution in [0.15, 0.2) is 48.8 Å². The average molecular weight is 355 g/mol. The Morgan fingerprint density at radius 3 is 2.27 bits per heavy atom. The fourth-order valence-electron chi connectivity index (χ4n) is 2.74. The molecular weight excluding hydrogens is 334 g/mol. The molecule has 1 saturated heterocycles. The van der Waals surface area contributed by atoms with E-state index in [4.69, 9.17) is 9.47 Å². The van der Waals surface area contributed by atoms with Gasteiger partial charge in [-0.3, -0.25) is 14.6 Å². The van der Waals surface area contributed by atoms with Crippen LogP contribution in [0.5, 0.6) is 11.5 Å². The van der Waals surface area contributed by atoms with E-state index in [0.29, 0.717) is 37.5 Å². The number of aromatic nitrogens is 1. The summed E-state index contributed by atoms with van der Waals surface area (Å²) >= 11 is 0. The van der Waals surface area contributed by atoms with Crippen molar-refractivity contribution in [2.75, 3.05) is 39.9 Å². The molecule has 0 saturated carbocycles. The van der Waals surface area contributed by atoms with E-state index in [1.807, 2.05) is 0 Å². The number of rotatable bonds is 5. The maximum atomic E-state index is 12.4. The summed E-state index contributed by atoms with van der Waals surface area (Å²) in [6.07, 6.45) is 3.19. The van der Waals surface area contributed by atoms with E-state index in [1.54, 1.807) is 65.7 Å². The Kier molecular flexibility index (Phi) is 5.68. The minimum atomic E-state index is -0.0886. The van der Waals surface area contributed by atoms with Gasteiger partial charge in [-0.15, -0.1) is 0 Å². The van der Waals surface area contributed by atoms with Crippen LogP contribution in [0.25, 0.3) is 0 Å². The molecule has 0 atom stereocenters. The summed E-state index contributed by atoms with van der Waals surface area (Å²) in [5.74, 6) is 1.21. The Balaban J connectivity index is 1.46. The molecule has 0 radical (unpaired) electrons. The largest absolute Gasteiger partial charge is 0.497 e. The van der Waals surface area contributed by atoms with E-state index in [2.05, 4.69) is 4.98 Å². The molecule has 2 amide bonds. The molecule has 2 aromatic rings. The SMILES string of the molecule is COc1ccc(OCC(=O)N2CCN(C(=O)c3cccnc3)CC2)cc1. The zero-order valence-corrected chi connectivity index (χ0v) is 14.6. The van der Waals surface area contributed by atoms with Crippen LogP contribution in [0.1, 0.15) is 10.4 Å². The van der Waals surface area contributed by atoms with Crippen molar-refractivity contribution in [3.05, 3.63) is 54.4 Å². The Morgan fingerprint density at radius 1 is 1.00 bits per heavy atom. The zero-order chi connectivity index (χ0) is 18.4. The third kappa shape index (κ3) is 4.30. The van der Waals surface area contributed by atoms with Crippen molar-refractivity contribution in [3.8, 4) is 11.5 Å². The molecular formula is C19H21N3O4. The van der Waals surface area contributed by atoms with Crippen LogP contribution >= 0.6 is 0 Å². The lowest BCUT2D eigenvalue weighted by atomic mass is 10.2. The molecule has 1 fully saturated rings. The van der Waals surface area contributed by atoms with Crippen LogP contribution in [-0.4, -0.2) is 66.5 Å². The van der Waals surface area contributed by atoms with Gasteiger partial charge in [-0.1, -0.05) is 0 Å². The fourth-order valence-corrected chi connectivity index (χ4v) is 2.74. The molecule has 0 bridgehead atoms. The number of carbonyl (C=O) groups excluding carboxylic acids is 2. The van der Waals surface area contributed by atoms with E-state index in [1.165, 1.54) is 0 Å². The third-order valence-electron chi connectivity index (χ3n) is 4.25. The van der Waals surface area contributed by atoms with Gasteiger partial charge in [-0.2, -0.15) is 0 Å². The summed E-state index contributed by atoms with van der Waals surface area (Å²) in [6.45, 7) is 1.97. The molecule has 3 rings (SSSR count). The second kappa shape index (κ2) is 8.33. The van der Waals surface area contributed by atoms with Crippen molar-refractivity contribution in [1.82, 2.24) is 14.8 Å². The van der Waals surface area contributed by atoms with Crippen LogP contribution in [0.3, 0.4) is 0 Å². The number of amides is 2. The zero-order valence-electron chi connectivity index (χ0n) is 14.6. The first-order valence-corrected chi connectivity index (χ1v) is 8.41. The van der Waals surface area contributed by atoms with Gasteiger partial charge in [0.15, 0.2) is 6.61 Å². The number of benzene rings is 1. The van der Waals surface area contributed by atoms with Gasteiger partial charge in [0.2, 0.25) is 0 Å². The summed E-state index contributed by atoms with van der Waals surface area (Å²) in [6, 6.07) is 10.6. The second-order valence-corrected chi connectivity index (χ2v) is 5.88. The van der Waals surface area contributed by atoms with Crippen LogP contribution in [0.4, 0.5) is 0 Å². The number of piperazine rings is 1. The Bertz CT molecular complexity index is 741. The topological polar surface area (TPSA) is 72.0 Å². The number of ether oxygens (including phenoxy) is 2. The average Bonchev–Trinajstić information content (AvgIpc) is 2.72. The Labute approximate surface area is 152 Å². The number of nitrogens with zero attached hydrogens (tertiary/aromatic N) is 3. The van der Waals surface area contributed by atoms with Gasteiger partial charge < -0.3 is 19.3 Å². The van der Waals surface area contributed by atoms with Gasteiger partial charge in [0.1, 0.15) is 11.5 Å². The van der Waals surface area contributed by atoms with Gasteiger partial charge in [-0.25, -0.2) is 0 Å². The summed E-state index contributed by atoms with van der Waals surface area (Å²) in [7, 11) is 1.60. The molecule has 136 valence electrons. The maximum absolute atomic E-state index is 12.4. The molecule has 26 heavy (non-hydrogen) atoms. The van der Waals surface area contributed by atoms with E-state index < -0.39 is 0 Å². The van der Waals surface area contributed by atoms with E-state index >= 15 is 0 Å². The highest BCUT2D eigenvalue weighted by molar-refractivity contribution is 5.94. The van der Waals surface area contributed by atoms with E-state index in [0.717, 1.165) is 5.75 Å². The quantitative estimate of drug-likeness (QED) is 0.812. The molecule has 1 aromatic carbocycles. The normalized spacial score (nSPS) is 14.0. The monoisotopic (exact) mass is 355 g/mol. The van der Waals surface area contributed by atoms with Gasteiger partial charge >= 0.3 is 0 Å². The predicted molar refractivity (Wildman–Crippen MR) is 95.2 cm³/mol. The maximum Gasteiger partial charge on any atom is 0.260 e. The summed E-state index contributed by atoms with van der Waals surface area (Å²) in [5.41, 5.74) is 0.565.